The number of carbonyl (C=O) groups excluding carboxylic acids is 1. The topological polar surface area (TPSA) is 94.8 Å². The number of nitriles is 1. The fourth-order valence-corrected chi connectivity index (χ4v) is 7.07. The van der Waals surface area contributed by atoms with Crippen LogP contribution in [0, 0.1) is 29.1 Å². The summed E-state index contributed by atoms with van der Waals surface area (Å²) >= 11 is 1.33. The van der Waals surface area contributed by atoms with Gasteiger partial charge in [-0.15, -0.1) is 5.10 Å². The van der Waals surface area contributed by atoms with Crippen LogP contribution in [0.2, 0.25) is 0 Å². The van der Waals surface area contributed by atoms with Gasteiger partial charge in [0.05, 0.1) is 18.2 Å². The van der Waals surface area contributed by atoms with Crippen LogP contribution in [0.4, 0.5) is 0 Å². The molecule has 4 fully saturated rings. The minimum atomic E-state index is -0.223. The summed E-state index contributed by atoms with van der Waals surface area (Å²) in [5.74, 6) is 2.59. The molecular weight excluding hydrogens is 374 g/mol. The van der Waals surface area contributed by atoms with E-state index in [9.17, 15) is 9.59 Å². The molecule has 0 aromatic carbocycles. The van der Waals surface area contributed by atoms with Crippen molar-refractivity contribution in [2.45, 2.75) is 75.5 Å². The predicted octanol–water partition coefficient (Wildman–Crippen LogP) is 2.78. The normalized spacial score (nSPS) is 30.4. The van der Waals surface area contributed by atoms with Crippen molar-refractivity contribution in [2.75, 3.05) is 12.3 Å². The summed E-state index contributed by atoms with van der Waals surface area (Å²) in [7, 11) is 0. The van der Waals surface area contributed by atoms with Gasteiger partial charge in [-0.05, 0) is 62.7 Å². The predicted molar refractivity (Wildman–Crippen MR) is 107 cm³/mol. The van der Waals surface area contributed by atoms with Gasteiger partial charge < -0.3 is 4.90 Å². The minimum Gasteiger partial charge on any atom is -0.335 e. The molecule has 1 N–H and O–H groups in total. The molecule has 0 saturated heterocycles. The van der Waals surface area contributed by atoms with Crippen LogP contribution in [-0.2, 0) is 11.3 Å². The zero-order chi connectivity index (χ0) is 19.7. The minimum absolute atomic E-state index is 0.0437. The lowest BCUT2D eigenvalue weighted by Crippen LogP contribution is -2.62. The van der Waals surface area contributed by atoms with Crippen LogP contribution in [0.15, 0.2) is 9.95 Å². The number of hydrogen-bond acceptors (Lipinski definition) is 5. The maximum Gasteiger partial charge on any atom is 0.343 e. The van der Waals surface area contributed by atoms with Crippen molar-refractivity contribution < 1.29 is 4.79 Å². The van der Waals surface area contributed by atoms with Crippen molar-refractivity contribution in [3.05, 3.63) is 10.5 Å². The second-order valence-corrected chi connectivity index (χ2v) is 9.79. The third-order valence-corrected chi connectivity index (χ3v) is 7.78. The largest absolute Gasteiger partial charge is 0.343 e. The Balaban J connectivity index is 1.49. The molecule has 0 radical (unpaired) electrons. The number of nitrogens with zero attached hydrogens (tertiary/aromatic N) is 4. The zero-order valence-corrected chi connectivity index (χ0v) is 17.3. The van der Waals surface area contributed by atoms with E-state index in [0.29, 0.717) is 24.7 Å². The first-order valence-electron chi connectivity index (χ1n) is 10.5. The summed E-state index contributed by atoms with van der Waals surface area (Å²) in [6.07, 6.45) is 8.49. The van der Waals surface area contributed by atoms with Crippen LogP contribution in [0.25, 0.3) is 0 Å². The van der Waals surface area contributed by atoms with Crippen LogP contribution in [0.1, 0.15) is 58.3 Å². The quantitative estimate of drug-likeness (QED) is 0.674. The highest BCUT2D eigenvalue weighted by Crippen LogP contribution is 2.57. The Bertz CT molecular complexity index is 788. The van der Waals surface area contributed by atoms with E-state index in [-0.39, 0.29) is 22.9 Å². The molecule has 7 nitrogen and oxygen atoms in total. The summed E-state index contributed by atoms with van der Waals surface area (Å²) < 4.78 is 1.60. The Morgan fingerprint density at radius 1 is 1.32 bits per heavy atom. The summed E-state index contributed by atoms with van der Waals surface area (Å²) in [5, 5.41) is 16.3. The van der Waals surface area contributed by atoms with Gasteiger partial charge in [0.25, 0.3) is 0 Å². The van der Waals surface area contributed by atoms with E-state index >= 15 is 0 Å². The molecule has 1 aromatic heterocycles. The van der Waals surface area contributed by atoms with E-state index in [1.165, 1.54) is 31.0 Å². The van der Waals surface area contributed by atoms with Gasteiger partial charge in [0.1, 0.15) is 0 Å². The second-order valence-electron chi connectivity index (χ2n) is 8.85. The van der Waals surface area contributed by atoms with Gasteiger partial charge >= 0.3 is 5.69 Å². The number of aromatic nitrogens is 3. The molecule has 152 valence electrons. The van der Waals surface area contributed by atoms with E-state index in [0.717, 1.165) is 43.4 Å². The molecule has 8 heteroatoms. The number of rotatable bonds is 8. The van der Waals surface area contributed by atoms with Gasteiger partial charge in [0.2, 0.25) is 5.91 Å². The summed E-state index contributed by atoms with van der Waals surface area (Å²) in [5.41, 5.74) is -0.267. The highest BCUT2D eigenvalue weighted by molar-refractivity contribution is 7.99. The third kappa shape index (κ3) is 3.61. The first kappa shape index (κ1) is 19.6. The standard InChI is InChI=1S/C20H29N5O2S/c1-2-5-24-18(27)22-23-19(24)28-13-17(26)25(6-3-4-21)20-10-14-7-15(11-20)9-16(8-14)12-20/h14-16H,2-3,5-13H2,1H3,(H,22,27). The molecule has 1 aromatic rings. The lowest BCUT2D eigenvalue weighted by Gasteiger charge is -2.60. The molecule has 4 aliphatic rings. The molecule has 0 aliphatic heterocycles. The van der Waals surface area contributed by atoms with Crippen molar-refractivity contribution in [1.29, 1.82) is 5.26 Å². The molecule has 0 atom stereocenters. The first-order chi connectivity index (χ1) is 13.5. The number of thioether (sulfide) groups is 1. The lowest BCUT2D eigenvalue weighted by molar-refractivity contribution is -0.147. The van der Waals surface area contributed by atoms with Crippen molar-refractivity contribution in [2.24, 2.45) is 17.8 Å². The Morgan fingerprint density at radius 3 is 2.54 bits per heavy atom. The Morgan fingerprint density at radius 2 is 1.96 bits per heavy atom. The van der Waals surface area contributed by atoms with Crippen molar-refractivity contribution in [1.82, 2.24) is 19.7 Å². The van der Waals surface area contributed by atoms with Gasteiger partial charge in [0.15, 0.2) is 5.16 Å². The molecule has 4 bridgehead atoms. The molecule has 28 heavy (non-hydrogen) atoms. The SMILES string of the molecule is CCCn1c(SCC(=O)N(CCC#N)C23CC4CC(CC(C4)C2)C3)n[nH]c1=O. The Hall–Kier alpha value is -1.75. The number of H-pyrrole nitrogens is 1. The maximum absolute atomic E-state index is 13.3. The highest BCUT2D eigenvalue weighted by Gasteiger charge is 2.54. The van der Waals surface area contributed by atoms with E-state index in [2.05, 4.69) is 16.3 Å². The monoisotopic (exact) mass is 403 g/mol. The number of carbonyl (C=O) groups is 1. The van der Waals surface area contributed by atoms with E-state index in [4.69, 9.17) is 5.26 Å². The zero-order valence-electron chi connectivity index (χ0n) is 16.5. The number of amides is 1. The fraction of sp³-hybridized carbons (Fsp3) is 0.800. The van der Waals surface area contributed by atoms with Gasteiger partial charge in [-0.3, -0.25) is 9.36 Å². The van der Waals surface area contributed by atoms with Gasteiger partial charge in [0, 0.05) is 18.6 Å². The fourth-order valence-electron chi connectivity index (χ4n) is 6.22. The second kappa shape index (κ2) is 7.94. The third-order valence-electron chi connectivity index (χ3n) is 6.82. The van der Waals surface area contributed by atoms with Crippen molar-refractivity contribution in [3.8, 4) is 6.07 Å². The first-order valence-corrected chi connectivity index (χ1v) is 11.5. The molecular formula is C20H29N5O2S. The lowest BCUT2D eigenvalue weighted by atomic mass is 9.52. The van der Waals surface area contributed by atoms with E-state index < -0.39 is 0 Å². The van der Waals surface area contributed by atoms with Crippen LogP contribution < -0.4 is 5.69 Å². The maximum atomic E-state index is 13.3. The van der Waals surface area contributed by atoms with Crippen LogP contribution >= 0.6 is 11.8 Å². The average Bonchev–Trinajstić information content (AvgIpc) is 2.99. The van der Waals surface area contributed by atoms with Gasteiger partial charge in [-0.2, -0.15) is 5.26 Å². The Kier molecular flexibility index (Phi) is 5.55. The highest BCUT2D eigenvalue weighted by atomic mass is 32.2. The number of aromatic amines is 1. The van der Waals surface area contributed by atoms with Crippen LogP contribution in [0.5, 0.6) is 0 Å². The molecule has 4 aliphatic carbocycles. The molecule has 0 spiro atoms. The average molecular weight is 404 g/mol. The molecule has 0 unspecified atom stereocenters. The summed E-state index contributed by atoms with van der Waals surface area (Å²) in [6.45, 7) is 3.12. The molecule has 1 amide bonds. The summed E-state index contributed by atoms with van der Waals surface area (Å²) in [4.78, 5) is 27.2. The Labute approximate surface area is 169 Å². The molecule has 4 saturated carbocycles. The van der Waals surface area contributed by atoms with E-state index in [1.807, 2.05) is 11.8 Å². The van der Waals surface area contributed by atoms with Crippen molar-refractivity contribution >= 4 is 17.7 Å². The smallest absolute Gasteiger partial charge is 0.335 e. The molecule has 1 heterocycles. The van der Waals surface area contributed by atoms with E-state index in [1.54, 1.807) is 4.57 Å². The number of nitrogens with one attached hydrogen (secondary N) is 1. The van der Waals surface area contributed by atoms with Gasteiger partial charge in [-0.25, -0.2) is 9.89 Å². The summed E-state index contributed by atoms with van der Waals surface area (Å²) in [6, 6.07) is 2.22. The molecule has 5 rings (SSSR count). The van der Waals surface area contributed by atoms with Crippen LogP contribution in [-0.4, -0.2) is 43.4 Å². The number of hydrogen-bond donors (Lipinski definition) is 1. The van der Waals surface area contributed by atoms with Gasteiger partial charge in [-0.1, -0.05) is 18.7 Å². The van der Waals surface area contributed by atoms with Crippen LogP contribution in [0.3, 0.4) is 0 Å². The van der Waals surface area contributed by atoms with Crippen molar-refractivity contribution in [3.63, 3.8) is 0 Å².